The van der Waals surface area contributed by atoms with Gasteiger partial charge in [-0.1, -0.05) is 30.3 Å². The van der Waals surface area contributed by atoms with Crippen LogP contribution in [0.2, 0.25) is 0 Å². The van der Waals surface area contributed by atoms with Gasteiger partial charge in [0.15, 0.2) is 0 Å². The summed E-state index contributed by atoms with van der Waals surface area (Å²) in [7, 11) is 1.72. The van der Waals surface area contributed by atoms with Gasteiger partial charge in [-0.2, -0.15) is 5.10 Å². The van der Waals surface area contributed by atoms with Crippen LogP contribution in [0.25, 0.3) is 0 Å². The lowest BCUT2D eigenvalue weighted by Gasteiger charge is -2.23. The van der Waals surface area contributed by atoms with Crippen LogP contribution in [-0.2, 0) is 24.6 Å². The highest BCUT2D eigenvalue weighted by atomic mass is 32.1. The fraction of sp³-hybridized carbons (Fsp3) is 0.348. The topological polar surface area (TPSA) is 73.2 Å². The second-order valence-corrected chi connectivity index (χ2v) is 8.91. The van der Waals surface area contributed by atoms with Crippen LogP contribution in [0.15, 0.2) is 42.6 Å². The predicted octanol–water partition coefficient (Wildman–Crippen LogP) is 4.57. The molecule has 0 saturated carbocycles. The number of carbonyl (C=O) groups excluding carboxylic acids is 2. The van der Waals surface area contributed by atoms with E-state index in [1.807, 2.05) is 19.9 Å². The number of esters is 1. The summed E-state index contributed by atoms with van der Waals surface area (Å²) in [5.74, 6) is -0.250. The smallest absolute Gasteiger partial charge is 0.341 e. The maximum atomic E-state index is 12.9. The van der Waals surface area contributed by atoms with Gasteiger partial charge in [0, 0.05) is 18.1 Å². The Hall–Kier alpha value is -2.93. The van der Waals surface area contributed by atoms with Gasteiger partial charge in [0.05, 0.1) is 11.7 Å². The molecule has 7 heteroatoms. The first kappa shape index (κ1) is 20.3. The van der Waals surface area contributed by atoms with Crippen LogP contribution in [0.1, 0.15) is 63.0 Å². The number of hydrogen-bond donors (Lipinski definition) is 1. The SMILES string of the molecule is CC(C)OC(=O)c1c(NC(=O)c2ccnn2C)sc2c1CCC(c1ccccc1)C2. The van der Waals surface area contributed by atoms with Crippen LogP contribution in [0, 0.1) is 0 Å². The van der Waals surface area contributed by atoms with E-state index in [-0.39, 0.29) is 18.0 Å². The van der Waals surface area contributed by atoms with Gasteiger partial charge in [0.1, 0.15) is 10.7 Å². The molecule has 1 atom stereocenters. The average Bonchev–Trinajstić information content (AvgIpc) is 3.30. The molecule has 1 aliphatic rings. The molecule has 0 aliphatic heterocycles. The Kier molecular flexibility index (Phi) is 5.72. The van der Waals surface area contributed by atoms with Crippen molar-refractivity contribution in [1.29, 1.82) is 0 Å². The van der Waals surface area contributed by atoms with Gasteiger partial charge >= 0.3 is 5.97 Å². The summed E-state index contributed by atoms with van der Waals surface area (Å²) >= 11 is 1.48. The molecular weight excluding hydrogens is 398 g/mol. The van der Waals surface area contributed by atoms with Crippen molar-refractivity contribution in [1.82, 2.24) is 9.78 Å². The van der Waals surface area contributed by atoms with E-state index in [4.69, 9.17) is 4.74 Å². The maximum absolute atomic E-state index is 12.9. The van der Waals surface area contributed by atoms with E-state index in [1.165, 1.54) is 21.6 Å². The van der Waals surface area contributed by atoms with Gasteiger partial charge in [-0.15, -0.1) is 11.3 Å². The van der Waals surface area contributed by atoms with Crippen LogP contribution in [0.5, 0.6) is 0 Å². The molecule has 0 bridgehead atoms. The summed E-state index contributed by atoms with van der Waals surface area (Å²) in [6.45, 7) is 3.66. The summed E-state index contributed by atoms with van der Waals surface area (Å²) < 4.78 is 7.02. The first-order valence-corrected chi connectivity index (χ1v) is 11.0. The molecule has 1 amide bonds. The van der Waals surface area contributed by atoms with Gasteiger partial charge < -0.3 is 10.1 Å². The Morgan fingerprint density at radius 2 is 2.00 bits per heavy atom. The third-order valence-electron chi connectivity index (χ3n) is 5.36. The molecule has 30 heavy (non-hydrogen) atoms. The number of carbonyl (C=O) groups is 2. The quantitative estimate of drug-likeness (QED) is 0.610. The average molecular weight is 424 g/mol. The Balaban J connectivity index is 1.67. The zero-order valence-corrected chi connectivity index (χ0v) is 18.2. The van der Waals surface area contributed by atoms with Crippen LogP contribution in [-0.4, -0.2) is 27.8 Å². The van der Waals surface area contributed by atoms with Crippen molar-refractivity contribution in [2.75, 3.05) is 5.32 Å². The lowest BCUT2D eigenvalue weighted by atomic mass is 9.83. The summed E-state index contributed by atoms with van der Waals surface area (Å²) in [6, 6.07) is 12.1. The Morgan fingerprint density at radius 1 is 1.23 bits per heavy atom. The van der Waals surface area contributed by atoms with Crippen LogP contribution in [0.4, 0.5) is 5.00 Å². The van der Waals surface area contributed by atoms with Gasteiger partial charge in [-0.3, -0.25) is 9.48 Å². The molecule has 0 radical (unpaired) electrons. The van der Waals surface area contributed by atoms with Crippen molar-refractivity contribution < 1.29 is 14.3 Å². The molecule has 0 saturated heterocycles. The third-order valence-corrected chi connectivity index (χ3v) is 6.53. The van der Waals surface area contributed by atoms with Gasteiger partial charge in [0.2, 0.25) is 0 Å². The van der Waals surface area contributed by atoms with Crippen molar-refractivity contribution >= 4 is 28.2 Å². The molecular formula is C23H25N3O3S. The zero-order valence-electron chi connectivity index (χ0n) is 17.3. The number of fused-ring (bicyclic) bond motifs is 1. The first-order chi connectivity index (χ1) is 14.4. The van der Waals surface area contributed by atoms with Crippen LogP contribution < -0.4 is 5.32 Å². The molecule has 6 nitrogen and oxygen atoms in total. The van der Waals surface area contributed by atoms with Crippen molar-refractivity contribution in [3.63, 3.8) is 0 Å². The van der Waals surface area contributed by atoms with E-state index < -0.39 is 0 Å². The number of nitrogens with one attached hydrogen (secondary N) is 1. The number of anilines is 1. The standard InChI is InChI=1S/C23H25N3O3S/c1-14(2)29-23(28)20-17-10-9-16(15-7-5-4-6-8-15)13-19(17)30-22(20)25-21(27)18-11-12-24-26(18)3/h4-8,11-12,14,16H,9-10,13H2,1-3H3,(H,25,27). The number of aryl methyl sites for hydroxylation is 1. The largest absolute Gasteiger partial charge is 0.459 e. The van der Waals surface area contributed by atoms with Crippen molar-refractivity contribution in [3.05, 3.63) is 69.9 Å². The van der Waals surface area contributed by atoms with E-state index >= 15 is 0 Å². The molecule has 4 rings (SSSR count). The fourth-order valence-electron chi connectivity index (χ4n) is 3.94. The number of thiophene rings is 1. The second-order valence-electron chi connectivity index (χ2n) is 7.81. The molecule has 1 aromatic carbocycles. The molecule has 1 aliphatic carbocycles. The minimum absolute atomic E-state index is 0.227. The van der Waals surface area contributed by atoms with Crippen molar-refractivity contribution in [2.24, 2.45) is 7.05 Å². The normalized spacial score (nSPS) is 15.7. The Morgan fingerprint density at radius 3 is 2.67 bits per heavy atom. The third kappa shape index (κ3) is 4.03. The highest BCUT2D eigenvalue weighted by molar-refractivity contribution is 7.17. The maximum Gasteiger partial charge on any atom is 0.341 e. The number of amides is 1. The van der Waals surface area contributed by atoms with Gasteiger partial charge in [-0.25, -0.2) is 4.79 Å². The molecule has 1 N–H and O–H groups in total. The van der Waals surface area contributed by atoms with Gasteiger partial charge in [0.25, 0.3) is 5.91 Å². The summed E-state index contributed by atoms with van der Waals surface area (Å²) in [6.07, 6.45) is 3.95. The molecule has 2 heterocycles. The Bertz CT molecular complexity index is 1070. The number of aromatic nitrogens is 2. The number of nitrogens with zero attached hydrogens (tertiary/aromatic N) is 2. The fourth-order valence-corrected chi connectivity index (χ4v) is 5.25. The van der Waals surface area contributed by atoms with E-state index in [1.54, 1.807) is 19.3 Å². The molecule has 3 aromatic rings. The highest BCUT2D eigenvalue weighted by Crippen LogP contribution is 2.43. The van der Waals surface area contributed by atoms with E-state index in [0.29, 0.717) is 22.2 Å². The van der Waals surface area contributed by atoms with E-state index in [9.17, 15) is 9.59 Å². The van der Waals surface area contributed by atoms with Crippen molar-refractivity contribution in [3.8, 4) is 0 Å². The van der Waals surface area contributed by atoms with Crippen molar-refractivity contribution in [2.45, 2.75) is 45.1 Å². The highest BCUT2D eigenvalue weighted by Gasteiger charge is 2.31. The molecule has 0 spiro atoms. The van der Waals surface area contributed by atoms with Crippen LogP contribution in [0.3, 0.4) is 0 Å². The monoisotopic (exact) mass is 423 g/mol. The summed E-state index contributed by atoms with van der Waals surface area (Å²) in [5, 5.41) is 7.55. The predicted molar refractivity (Wildman–Crippen MR) is 117 cm³/mol. The summed E-state index contributed by atoms with van der Waals surface area (Å²) in [4.78, 5) is 26.8. The molecule has 156 valence electrons. The molecule has 2 aromatic heterocycles. The molecule has 0 fully saturated rings. The number of rotatable bonds is 5. The second kappa shape index (κ2) is 8.44. The first-order valence-electron chi connectivity index (χ1n) is 10.1. The lowest BCUT2D eigenvalue weighted by molar-refractivity contribution is 0.0378. The lowest BCUT2D eigenvalue weighted by Crippen LogP contribution is -2.20. The van der Waals surface area contributed by atoms with E-state index in [0.717, 1.165) is 29.7 Å². The van der Waals surface area contributed by atoms with Crippen LogP contribution >= 0.6 is 11.3 Å². The number of hydrogen-bond acceptors (Lipinski definition) is 5. The minimum atomic E-state index is -0.374. The number of benzene rings is 1. The number of ether oxygens (including phenoxy) is 1. The summed E-state index contributed by atoms with van der Waals surface area (Å²) in [5.41, 5.74) is 3.26. The Labute approximate surface area is 179 Å². The zero-order chi connectivity index (χ0) is 21.3. The van der Waals surface area contributed by atoms with Gasteiger partial charge in [-0.05, 0) is 56.2 Å². The van der Waals surface area contributed by atoms with E-state index in [2.05, 4.69) is 34.7 Å². The minimum Gasteiger partial charge on any atom is -0.459 e. The molecule has 1 unspecified atom stereocenters.